The highest BCUT2D eigenvalue weighted by atomic mass is 32.1. The highest BCUT2D eigenvalue weighted by Gasteiger charge is 2.45. The van der Waals surface area contributed by atoms with Crippen LogP contribution >= 0.6 is 11.3 Å². The number of halogens is 1. The van der Waals surface area contributed by atoms with E-state index >= 15 is 0 Å². The number of nitrogens with zero attached hydrogens (tertiary/aromatic N) is 1. The Morgan fingerprint density at radius 3 is 2.68 bits per heavy atom. The first-order valence-corrected chi connectivity index (χ1v) is 11.2. The molecule has 1 aliphatic carbocycles. The molecule has 3 aromatic rings. The number of carbonyl (C=O) groups is 2. The first kappa shape index (κ1) is 21.2. The molecule has 1 fully saturated rings. The van der Waals surface area contributed by atoms with Gasteiger partial charge in [-0.1, -0.05) is 42.5 Å². The molecule has 5 nitrogen and oxygen atoms in total. The average molecular weight is 438 g/mol. The third-order valence-corrected chi connectivity index (χ3v) is 6.19. The summed E-state index contributed by atoms with van der Waals surface area (Å²) in [5.41, 5.74) is 3.61. The van der Waals surface area contributed by atoms with Gasteiger partial charge < -0.3 is 10.6 Å². The number of hydrogen-bond acceptors (Lipinski definition) is 4. The normalized spacial score (nSPS) is 17.2. The van der Waals surface area contributed by atoms with Crippen LogP contribution in [0.5, 0.6) is 0 Å². The largest absolute Gasteiger partial charge is 0.356 e. The van der Waals surface area contributed by atoms with Gasteiger partial charge in [-0.3, -0.25) is 9.59 Å². The lowest BCUT2D eigenvalue weighted by Gasteiger charge is -2.04. The highest BCUT2D eigenvalue weighted by molar-refractivity contribution is 7.14. The highest BCUT2D eigenvalue weighted by Crippen LogP contribution is 2.48. The van der Waals surface area contributed by atoms with Gasteiger partial charge in [0.05, 0.1) is 5.69 Å². The molecule has 0 saturated heterocycles. The van der Waals surface area contributed by atoms with Gasteiger partial charge in [-0.05, 0) is 42.4 Å². The number of thiazole rings is 1. The molecule has 4 rings (SSSR count). The van der Waals surface area contributed by atoms with Gasteiger partial charge in [0.2, 0.25) is 11.8 Å². The lowest BCUT2D eigenvalue weighted by molar-refractivity contribution is -0.119. The molecule has 31 heavy (non-hydrogen) atoms. The van der Waals surface area contributed by atoms with Crippen molar-refractivity contribution in [2.75, 3.05) is 11.9 Å². The van der Waals surface area contributed by atoms with Crippen molar-refractivity contribution >= 4 is 28.3 Å². The Hall–Kier alpha value is -3.06. The fraction of sp³-hybridized carbons (Fsp3) is 0.292. The molecule has 2 unspecified atom stereocenters. The number of benzene rings is 2. The van der Waals surface area contributed by atoms with Crippen molar-refractivity contribution in [1.29, 1.82) is 0 Å². The maximum atomic E-state index is 13.9. The van der Waals surface area contributed by atoms with Crippen LogP contribution in [-0.2, 0) is 16.0 Å². The van der Waals surface area contributed by atoms with Crippen molar-refractivity contribution in [2.45, 2.75) is 32.1 Å². The van der Waals surface area contributed by atoms with Crippen LogP contribution in [0.15, 0.2) is 53.9 Å². The Bertz CT molecular complexity index is 1080. The first-order chi connectivity index (χ1) is 15.0. The van der Waals surface area contributed by atoms with Gasteiger partial charge in [0.15, 0.2) is 5.13 Å². The number of hydrogen-bond donors (Lipinski definition) is 2. The third kappa shape index (κ3) is 5.35. The summed E-state index contributed by atoms with van der Waals surface area (Å²) in [7, 11) is 0. The van der Waals surface area contributed by atoms with E-state index in [4.69, 9.17) is 0 Å². The molecular formula is C24H24FN3O2S. The van der Waals surface area contributed by atoms with Crippen molar-refractivity contribution < 1.29 is 14.0 Å². The molecule has 0 radical (unpaired) electrons. The maximum absolute atomic E-state index is 13.9. The predicted octanol–water partition coefficient (Wildman–Crippen LogP) is 4.76. The average Bonchev–Trinajstić information content (AvgIpc) is 3.43. The van der Waals surface area contributed by atoms with Gasteiger partial charge in [0.1, 0.15) is 5.82 Å². The van der Waals surface area contributed by atoms with Crippen molar-refractivity contribution in [3.63, 3.8) is 0 Å². The van der Waals surface area contributed by atoms with Gasteiger partial charge in [0.25, 0.3) is 0 Å². The fourth-order valence-electron chi connectivity index (χ4n) is 3.67. The lowest BCUT2D eigenvalue weighted by Crippen LogP contribution is -2.21. The number of anilines is 1. The molecule has 7 heteroatoms. The number of nitrogens with one attached hydrogen (secondary N) is 2. The minimum absolute atomic E-state index is 0.00814. The second-order valence-electron chi connectivity index (χ2n) is 7.78. The zero-order chi connectivity index (χ0) is 21.8. The van der Waals surface area contributed by atoms with E-state index in [1.807, 2.05) is 17.5 Å². The van der Waals surface area contributed by atoms with E-state index in [0.717, 1.165) is 24.1 Å². The van der Waals surface area contributed by atoms with Crippen LogP contribution < -0.4 is 10.6 Å². The summed E-state index contributed by atoms with van der Waals surface area (Å²) in [6.45, 7) is 2.19. The minimum Gasteiger partial charge on any atom is -0.356 e. The smallest absolute Gasteiger partial charge is 0.229 e. The molecule has 2 atom stereocenters. The van der Waals surface area contributed by atoms with Crippen molar-refractivity contribution in [3.05, 3.63) is 70.9 Å². The molecule has 2 amide bonds. The van der Waals surface area contributed by atoms with Crippen molar-refractivity contribution in [1.82, 2.24) is 10.3 Å². The summed E-state index contributed by atoms with van der Waals surface area (Å²) in [5, 5.41) is 8.15. The predicted molar refractivity (Wildman–Crippen MR) is 120 cm³/mol. The van der Waals surface area contributed by atoms with E-state index < -0.39 is 0 Å². The van der Waals surface area contributed by atoms with Crippen LogP contribution in [-0.4, -0.2) is 23.3 Å². The van der Waals surface area contributed by atoms with Crippen LogP contribution in [0, 0.1) is 11.7 Å². The fourth-order valence-corrected chi connectivity index (χ4v) is 4.39. The van der Waals surface area contributed by atoms with Crippen LogP contribution in [0.1, 0.15) is 36.8 Å². The molecule has 1 aliphatic rings. The Morgan fingerprint density at radius 1 is 1.16 bits per heavy atom. The molecule has 1 aromatic heterocycles. The van der Waals surface area contributed by atoms with E-state index in [1.165, 1.54) is 29.9 Å². The van der Waals surface area contributed by atoms with E-state index in [9.17, 15) is 14.0 Å². The van der Waals surface area contributed by atoms with Gasteiger partial charge >= 0.3 is 0 Å². The van der Waals surface area contributed by atoms with Gasteiger partial charge in [-0.25, -0.2) is 9.37 Å². The van der Waals surface area contributed by atoms with Crippen LogP contribution in [0.3, 0.4) is 0 Å². The Labute approximate surface area is 184 Å². The Morgan fingerprint density at radius 2 is 1.94 bits per heavy atom. The summed E-state index contributed by atoms with van der Waals surface area (Å²) >= 11 is 1.38. The maximum Gasteiger partial charge on any atom is 0.229 e. The standard InChI is InChI=1S/C24H24FN3O2S/c1-15(29)26-12-4-5-16-8-10-17(11-9-16)22-14-31-24(27-22)28-23(30)20-13-19(20)18-6-2-3-7-21(18)25/h2-3,6-11,14,19-20H,4-5,12-13H2,1H3,(H,26,29)(H,27,28,30). The molecule has 0 bridgehead atoms. The van der Waals surface area contributed by atoms with Crippen molar-refractivity contribution in [2.24, 2.45) is 5.92 Å². The van der Waals surface area contributed by atoms with E-state index in [-0.39, 0.29) is 29.5 Å². The summed E-state index contributed by atoms with van der Waals surface area (Å²) < 4.78 is 13.9. The number of rotatable bonds is 8. The molecule has 2 N–H and O–H groups in total. The number of aryl methyl sites for hydroxylation is 1. The molecule has 160 valence electrons. The van der Waals surface area contributed by atoms with E-state index in [1.54, 1.807) is 18.2 Å². The first-order valence-electron chi connectivity index (χ1n) is 10.4. The molecule has 0 aliphatic heterocycles. The number of aromatic nitrogens is 1. The minimum atomic E-state index is -0.252. The van der Waals surface area contributed by atoms with Gasteiger partial charge in [-0.15, -0.1) is 11.3 Å². The van der Waals surface area contributed by atoms with Gasteiger partial charge in [-0.2, -0.15) is 0 Å². The van der Waals surface area contributed by atoms with E-state index in [2.05, 4.69) is 27.8 Å². The van der Waals surface area contributed by atoms with Crippen LogP contribution in [0.25, 0.3) is 11.3 Å². The molecule has 1 heterocycles. The lowest BCUT2D eigenvalue weighted by atomic mass is 10.1. The SMILES string of the molecule is CC(=O)NCCCc1ccc(-c2csc(NC(=O)C3CC3c3ccccc3F)n2)cc1. The van der Waals surface area contributed by atoms with Crippen LogP contribution in [0.2, 0.25) is 0 Å². The second kappa shape index (κ2) is 9.39. The Balaban J connectivity index is 1.31. The molecule has 1 saturated carbocycles. The number of amides is 2. The second-order valence-corrected chi connectivity index (χ2v) is 8.64. The molecule has 2 aromatic carbocycles. The summed E-state index contributed by atoms with van der Waals surface area (Å²) in [6.07, 6.45) is 2.44. The summed E-state index contributed by atoms with van der Waals surface area (Å²) in [6, 6.07) is 14.8. The monoisotopic (exact) mass is 437 g/mol. The van der Waals surface area contributed by atoms with E-state index in [0.29, 0.717) is 23.7 Å². The quantitative estimate of drug-likeness (QED) is 0.499. The molecular weight excluding hydrogens is 413 g/mol. The van der Waals surface area contributed by atoms with Gasteiger partial charge in [0, 0.05) is 30.3 Å². The zero-order valence-corrected chi connectivity index (χ0v) is 18.0. The number of carbonyl (C=O) groups excluding carboxylic acids is 2. The molecule has 0 spiro atoms. The van der Waals surface area contributed by atoms with Crippen LogP contribution in [0.4, 0.5) is 9.52 Å². The third-order valence-electron chi connectivity index (χ3n) is 5.43. The van der Waals surface area contributed by atoms with Crippen molar-refractivity contribution in [3.8, 4) is 11.3 Å². The zero-order valence-electron chi connectivity index (χ0n) is 17.2. The summed E-state index contributed by atoms with van der Waals surface area (Å²) in [5.74, 6) is -0.632. The Kier molecular flexibility index (Phi) is 6.42. The summed E-state index contributed by atoms with van der Waals surface area (Å²) in [4.78, 5) is 28.0. The topological polar surface area (TPSA) is 71.1 Å².